The second-order valence-corrected chi connectivity index (χ2v) is 10.4. The van der Waals surface area contributed by atoms with Crippen LogP contribution in [0.2, 0.25) is 0 Å². The Bertz CT molecular complexity index is 770. The van der Waals surface area contributed by atoms with Crippen molar-refractivity contribution < 1.29 is 19.1 Å². The molecular weight excluding hydrogens is 388 g/mol. The number of carbonyl (C=O) groups is 3. The lowest BCUT2D eigenvalue weighted by atomic mass is 9.53. The van der Waals surface area contributed by atoms with E-state index in [9.17, 15) is 14.4 Å². The molecule has 5 fully saturated rings. The number of nitrogens with one attached hydrogen (secondary N) is 1. The molecule has 156 valence electrons. The van der Waals surface area contributed by atoms with Crippen molar-refractivity contribution in [3.63, 3.8) is 0 Å². The molecule has 0 radical (unpaired) electrons. The summed E-state index contributed by atoms with van der Waals surface area (Å²) in [6.07, 6.45) is 8.54. The zero-order valence-corrected chi connectivity index (χ0v) is 17.4. The second kappa shape index (κ2) is 7.42. The summed E-state index contributed by atoms with van der Waals surface area (Å²) < 4.78 is 5.36. The van der Waals surface area contributed by atoms with E-state index in [-0.39, 0.29) is 24.0 Å². The summed E-state index contributed by atoms with van der Waals surface area (Å²) in [6, 6.07) is 3.01. The fourth-order valence-corrected chi connectivity index (χ4v) is 7.30. The Morgan fingerprint density at radius 2 is 1.83 bits per heavy atom. The molecule has 29 heavy (non-hydrogen) atoms. The van der Waals surface area contributed by atoms with Crippen molar-refractivity contribution in [3.8, 4) is 0 Å². The van der Waals surface area contributed by atoms with Crippen LogP contribution in [-0.4, -0.2) is 47.4 Å². The molecule has 5 aliphatic rings. The van der Waals surface area contributed by atoms with Crippen molar-refractivity contribution in [1.82, 2.24) is 10.2 Å². The molecule has 4 aliphatic carbocycles. The summed E-state index contributed by atoms with van der Waals surface area (Å²) in [7, 11) is 0. The van der Waals surface area contributed by atoms with E-state index in [4.69, 9.17) is 4.74 Å². The van der Waals surface area contributed by atoms with Gasteiger partial charge in [0.15, 0.2) is 6.61 Å². The van der Waals surface area contributed by atoms with Gasteiger partial charge in [-0.05, 0) is 80.6 Å². The van der Waals surface area contributed by atoms with Gasteiger partial charge in [0.1, 0.15) is 6.04 Å². The minimum absolute atomic E-state index is 0.0766. The smallest absolute Gasteiger partial charge is 0.329 e. The molecular formula is C22H28N2O4S. The van der Waals surface area contributed by atoms with Crippen LogP contribution in [0, 0.1) is 17.8 Å². The van der Waals surface area contributed by atoms with Gasteiger partial charge in [0.05, 0.1) is 4.88 Å². The summed E-state index contributed by atoms with van der Waals surface area (Å²) in [4.78, 5) is 40.0. The molecule has 1 N–H and O–H groups in total. The molecule has 6 nitrogen and oxygen atoms in total. The lowest BCUT2D eigenvalue weighted by Gasteiger charge is -2.56. The third-order valence-electron chi connectivity index (χ3n) is 7.31. The summed E-state index contributed by atoms with van der Waals surface area (Å²) in [5.41, 5.74) is -0.0766. The number of likely N-dealkylation sites (tertiary alicyclic amines) is 1. The normalized spacial score (nSPS) is 35.0. The van der Waals surface area contributed by atoms with Gasteiger partial charge in [0.2, 0.25) is 0 Å². The molecule has 7 heteroatoms. The zero-order valence-electron chi connectivity index (χ0n) is 16.6. The van der Waals surface area contributed by atoms with Crippen LogP contribution in [-0.2, 0) is 14.3 Å². The summed E-state index contributed by atoms with van der Waals surface area (Å²) in [5.74, 6) is 1.46. The van der Waals surface area contributed by atoms with Crippen LogP contribution >= 0.6 is 11.3 Å². The molecule has 1 atom stereocenters. The Morgan fingerprint density at radius 3 is 2.45 bits per heavy atom. The van der Waals surface area contributed by atoms with Gasteiger partial charge in [0.25, 0.3) is 11.8 Å². The molecule has 1 saturated heterocycles. The topological polar surface area (TPSA) is 75.7 Å². The van der Waals surface area contributed by atoms with Gasteiger partial charge >= 0.3 is 5.97 Å². The van der Waals surface area contributed by atoms with Crippen LogP contribution in [0.4, 0.5) is 0 Å². The first-order chi connectivity index (χ1) is 14.0. The Balaban J connectivity index is 1.15. The van der Waals surface area contributed by atoms with Gasteiger partial charge in [-0.1, -0.05) is 6.07 Å². The van der Waals surface area contributed by atoms with Crippen LogP contribution in [0.25, 0.3) is 0 Å². The van der Waals surface area contributed by atoms with E-state index in [1.165, 1.54) is 30.6 Å². The number of hydrogen-bond donors (Lipinski definition) is 1. The van der Waals surface area contributed by atoms with Gasteiger partial charge in [-0.3, -0.25) is 9.59 Å². The van der Waals surface area contributed by atoms with E-state index < -0.39 is 12.0 Å². The molecule has 0 spiro atoms. The van der Waals surface area contributed by atoms with Gasteiger partial charge in [-0.15, -0.1) is 11.3 Å². The van der Waals surface area contributed by atoms with Crippen LogP contribution in [0.5, 0.6) is 0 Å². The van der Waals surface area contributed by atoms with E-state index in [0.717, 1.165) is 43.4 Å². The monoisotopic (exact) mass is 416 g/mol. The maximum atomic E-state index is 12.6. The quantitative estimate of drug-likeness (QED) is 0.749. The molecule has 4 saturated carbocycles. The molecule has 4 bridgehead atoms. The molecule has 0 aromatic carbocycles. The summed E-state index contributed by atoms with van der Waals surface area (Å²) >= 11 is 1.37. The van der Waals surface area contributed by atoms with Crippen molar-refractivity contribution in [2.45, 2.75) is 62.9 Å². The lowest BCUT2D eigenvalue weighted by molar-refractivity contribution is -0.153. The fourth-order valence-electron chi connectivity index (χ4n) is 6.63. The van der Waals surface area contributed by atoms with Crippen LogP contribution in [0.3, 0.4) is 0 Å². The van der Waals surface area contributed by atoms with E-state index in [2.05, 4.69) is 5.32 Å². The van der Waals surface area contributed by atoms with Crippen LogP contribution in [0.15, 0.2) is 17.5 Å². The first kappa shape index (κ1) is 19.1. The third kappa shape index (κ3) is 3.69. The zero-order chi connectivity index (χ0) is 20.0. The van der Waals surface area contributed by atoms with Gasteiger partial charge in [-0.2, -0.15) is 0 Å². The number of amides is 2. The highest BCUT2D eigenvalue weighted by Crippen LogP contribution is 2.55. The highest BCUT2D eigenvalue weighted by Gasteiger charge is 2.51. The van der Waals surface area contributed by atoms with Gasteiger partial charge in [0, 0.05) is 12.1 Å². The first-order valence-electron chi connectivity index (χ1n) is 10.8. The number of ether oxygens (including phenoxy) is 1. The van der Waals surface area contributed by atoms with Crippen molar-refractivity contribution in [3.05, 3.63) is 22.4 Å². The van der Waals surface area contributed by atoms with E-state index >= 15 is 0 Å². The standard InChI is InChI=1S/C22H28N2O4S/c25-19(23-22-10-14-7-15(11-22)9-16(8-14)12-22)13-28-21(27)17-3-1-5-24(17)20(26)18-4-2-6-29-18/h2,4,6,14-17H,1,3,5,7-13H2,(H,23,25)/t14?,15?,16?,17-,22?/m0/s1. The molecule has 1 aliphatic heterocycles. The fraction of sp³-hybridized carbons (Fsp3) is 0.682. The molecule has 6 rings (SSSR count). The van der Waals surface area contributed by atoms with Crippen LogP contribution in [0.1, 0.15) is 61.0 Å². The number of esters is 1. The summed E-state index contributed by atoms with van der Waals surface area (Å²) in [5, 5.41) is 5.08. The number of carbonyl (C=O) groups excluding carboxylic acids is 3. The van der Waals surface area contributed by atoms with Crippen molar-refractivity contribution in [1.29, 1.82) is 0 Å². The predicted octanol–water partition coefficient (Wildman–Crippen LogP) is 2.98. The Morgan fingerprint density at radius 1 is 1.14 bits per heavy atom. The Kier molecular flexibility index (Phi) is 4.88. The van der Waals surface area contributed by atoms with Gasteiger partial charge < -0.3 is 15.0 Å². The minimum Gasteiger partial charge on any atom is -0.454 e. The Labute approximate surface area is 175 Å². The van der Waals surface area contributed by atoms with Gasteiger partial charge in [-0.25, -0.2) is 4.79 Å². The summed E-state index contributed by atoms with van der Waals surface area (Å²) in [6.45, 7) is 0.300. The van der Waals surface area contributed by atoms with Crippen molar-refractivity contribution >= 4 is 29.1 Å². The predicted molar refractivity (Wildman–Crippen MR) is 108 cm³/mol. The molecule has 2 amide bonds. The van der Waals surface area contributed by atoms with E-state index in [0.29, 0.717) is 17.8 Å². The van der Waals surface area contributed by atoms with E-state index in [1.54, 1.807) is 11.0 Å². The molecule has 1 aromatic heterocycles. The average Bonchev–Trinajstić information content (AvgIpc) is 3.36. The largest absolute Gasteiger partial charge is 0.454 e. The highest BCUT2D eigenvalue weighted by atomic mass is 32.1. The molecule has 0 unspecified atom stereocenters. The number of thiophene rings is 1. The maximum Gasteiger partial charge on any atom is 0.329 e. The number of rotatable bonds is 5. The molecule has 1 aromatic rings. The lowest BCUT2D eigenvalue weighted by Crippen LogP contribution is -2.60. The Hall–Kier alpha value is -1.89. The third-order valence-corrected chi connectivity index (χ3v) is 8.16. The van der Waals surface area contributed by atoms with Crippen LogP contribution < -0.4 is 5.32 Å². The first-order valence-corrected chi connectivity index (χ1v) is 11.7. The number of nitrogens with zero attached hydrogens (tertiary/aromatic N) is 1. The van der Waals surface area contributed by atoms with E-state index in [1.807, 2.05) is 11.4 Å². The SMILES string of the molecule is O=C(COC(=O)[C@@H]1CCCN1C(=O)c1cccs1)NC12CC3CC(CC(C3)C1)C2. The number of hydrogen-bond acceptors (Lipinski definition) is 5. The van der Waals surface area contributed by atoms with Crippen molar-refractivity contribution in [2.75, 3.05) is 13.2 Å². The second-order valence-electron chi connectivity index (χ2n) is 9.49. The molecule has 2 heterocycles. The average molecular weight is 417 g/mol. The minimum atomic E-state index is -0.586. The van der Waals surface area contributed by atoms with Crippen molar-refractivity contribution in [2.24, 2.45) is 17.8 Å². The maximum absolute atomic E-state index is 12.6. The highest BCUT2D eigenvalue weighted by molar-refractivity contribution is 7.12.